The Morgan fingerprint density at radius 1 is 1.14 bits per heavy atom. The molecule has 1 aromatic rings. The fourth-order valence-corrected chi connectivity index (χ4v) is 3.98. The van der Waals surface area contributed by atoms with E-state index in [4.69, 9.17) is 0 Å². The number of para-hydroxylation sites is 1. The molecule has 114 valence electrons. The number of hydrogen-bond donors (Lipinski definition) is 1. The maximum atomic E-state index is 13.0. The van der Waals surface area contributed by atoms with E-state index in [2.05, 4.69) is 55.3 Å². The zero-order valence-corrected chi connectivity index (χ0v) is 13.3. The highest BCUT2D eigenvalue weighted by molar-refractivity contribution is 5.81. The van der Waals surface area contributed by atoms with Crippen molar-refractivity contribution >= 4 is 11.6 Å². The lowest BCUT2D eigenvalue weighted by Gasteiger charge is -2.40. The van der Waals surface area contributed by atoms with E-state index < -0.39 is 0 Å². The summed E-state index contributed by atoms with van der Waals surface area (Å²) in [7, 11) is 0. The maximum Gasteiger partial charge on any atom is 0.228 e. The number of anilines is 1. The summed E-state index contributed by atoms with van der Waals surface area (Å²) in [5.41, 5.74) is 2.46. The first-order valence-electron chi connectivity index (χ1n) is 8.18. The van der Waals surface area contributed by atoms with Crippen LogP contribution >= 0.6 is 0 Å². The molecule has 0 radical (unpaired) electrons. The number of hydrogen-bond acceptors (Lipinski definition) is 2. The van der Waals surface area contributed by atoms with Gasteiger partial charge in [0.15, 0.2) is 0 Å². The van der Waals surface area contributed by atoms with Crippen molar-refractivity contribution < 1.29 is 4.79 Å². The van der Waals surface area contributed by atoms with Gasteiger partial charge in [0.25, 0.3) is 0 Å². The predicted octanol–water partition coefficient (Wildman–Crippen LogP) is 3.16. The summed E-state index contributed by atoms with van der Waals surface area (Å²) in [6.07, 6.45) is 2.10. The van der Waals surface area contributed by atoms with Crippen molar-refractivity contribution in [3.8, 4) is 0 Å². The molecule has 1 aromatic carbocycles. The Morgan fingerprint density at radius 3 is 2.52 bits per heavy atom. The first-order chi connectivity index (χ1) is 10.0. The van der Waals surface area contributed by atoms with Crippen LogP contribution in [0.2, 0.25) is 0 Å². The molecule has 3 heteroatoms. The number of nitrogens with zero attached hydrogens (tertiary/aromatic N) is 1. The van der Waals surface area contributed by atoms with Gasteiger partial charge in [-0.2, -0.15) is 0 Å². The Morgan fingerprint density at radius 2 is 1.81 bits per heavy atom. The van der Waals surface area contributed by atoms with Crippen LogP contribution in [0.4, 0.5) is 5.69 Å². The van der Waals surface area contributed by atoms with Crippen LogP contribution in [0, 0.1) is 17.8 Å². The minimum absolute atomic E-state index is 0.0670. The van der Waals surface area contributed by atoms with E-state index in [0.717, 1.165) is 19.5 Å². The third kappa shape index (κ3) is 2.92. The molecule has 3 rings (SSSR count). The Bertz CT molecular complexity index is 518. The first-order valence-corrected chi connectivity index (χ1v) is 8.18. The molecule has 0 spiro atoms. The van der Waals surface area contributed by atoms with Crippen molar-refractivity contribution in [1.82, 2.24) is 4.90 Å². The van der Waals surface area contributed by atoms with E-state index in [1.165, 1.54) is 17.7 Å². The fourth-order valence-electron chi connectivity index (χ4n) is 3.98. The van der Waals surface area contributed by atoms with Crippen LogP contribution in [0.15, 0.2) is 24.3 Å². The average molecular weight is 286 g/mol. The molecule has 0 aromatic heterocycles. The Balaban J connectivity index is 1.76. The molecular weight excluding hydrogens is 260 g/mol. The summed E-state index contributed by atoms with van der Waals surface area (Å²) in [6, 6.07) is 8.56. The lowest BCUT2D eigenvalue weighted by atomic mass is 9.85. The number of rotatable bonds is 1. The topological polar surface area (TPSA) is 32.3 Å². The minimum atomic E-state index is 0.0670. The first kappa shape index (κ1) is 14.4. The minimum Gasteiger partial charge on any atom is -0.382 e. The standard InChI is InChI=1S/C18H26N2O/c1-12-8-13(2)11-20(10-12)18(21)16-9-15-6-4-5-7-17(15)19-14(16)3/h4-7,12-14,16,19H,8-11H2,1-3H3. The number of likely N-dealkylation sites (tertiary alicyclic amines) is 1. The maximum absolute atomic E-state index is 13.0. The highest BCUT2D eigenvalue weighted by Gasteiger charge is 2.35. The van der Waals surface area contributed by atoms with Gasteiger partial charge in [0.05, 0.1) is 5.92 Å². The molecule has 21 heavy (non-hydrogen) atoms. The van der Waals surface area contributed by atoms with Gasteiger partial charge in [-0.3, -0.25) is 4.79 Å². The summed E-state index contributed by atoms with van der Waals surface area (Å²) < 4.78 is 0. The van der Waals surface area contributed by atoms with Crippen molar-refractivity contribution in [3.05, 3.63) is 29.8 Å². The number of nitrogens with one attached hydrogen (secondary N) is 1. The van der Waals surface area contributed by atoms with E-state index >= 15 is 0 Å². The number of amides is 1. The van der Waals surface area contributed by atoms with Crippen LogP contribution in [-0.2, 0) is 11.2 Å². The number of piperidine rings is 1. The molecule has 2 aliphatic heterocycles. The molecule has 1 N–H and O–H groups in total. The molecule has 2 aliphatic rings. The summed E-state index contributed by atoms with van der Waals surface area (Å²) in [5, 5.41) is 3.50. The van der Waals surface area contributed by atoms with Gasteiger partial charge in [-0.05, 0) is 43.2 Å². The second-order valence-corrected chi connectivity index (χ2v) is 7.09. The summed E-state index contributed by atoms with van der Waals surface area (Å²) >= 11 is 0. The predicted molar refractivity (Wildman–Crippen MR) is 86.2 cm³/mol. The van der Waals surface area contributed by atoms with Gasteiger partial charge in [0, 0.05) is 24.8 Å². The van der Waals surface area contributed by atoms with E-state index in [0.29, 0.717) is 17.7 Å². The van der Waals surface area contributed by atoms with Crippen LogP contribution in [0.1, 0.15) is 32.8 Å². The normalized spacial score (nSPS) is 32.2. The third-order valence-electron chi connectivity index (χ3n) is 4.94. The molecule has 0 aliphatic carbocycles. The molecule has 4 atom stereocenters. The van der Waals surface area contributed by atoms with Crippen LogP contribution in [0.25, 0.3) is 0 Å². The number of benzene rings is 1. The molecule has 3 nitrogen and oxygen atoms in total. The van der Waals surface area contributed by atoms with Gasteiger partial charge in [0.1, 0.15) is 0 Å². The largest absolute Gasteiger partial charge is 0.382 e. The third-order valence-corrected chi connectivity index (χ3v) is 4.94. The molecule has 1 amide bonds. The van der Waals surface area contributed by atoms with E-state index in [9.17, 15) is 4.79 Å². The van der Waals surface area contributed by atoms with Crippen LogP contribution in [0.5, 0.6) is 0 Å². The lowest BCUT2D eigenvalue weighted by molar-refractivity contribution is -0.138. The van der Waals surface area contributed by atoms with Crippen LogP contribution in [-0.4, -0.2) is 29.9 Å². The number of carbonyl (C=O) groups is 1. The van der Waals surface area contributed by atoms with Gasteiger partial charge >= 0.3 is 0 Å². The molecule has 2 heterocycles. The second kappa shape index (κ2) is 5.70. The monoisotopic (exact) mass is 286 g/mol. The lowest BCUT2D eigenvalue weighted by Crippen LogP contribution is -2.50. The fraction of sp³-hybridized carbons (Fsp3) is 0.611. The Hall–Kier alpha value is -1.51. The Kier molecular flexibility index (Phi) is 3.92. The van der Waals surface area contributed by atoms with Crippen molar-refractivity contribution in [3.63, 3.8) is 0 Å². The highest BCUT2D eigenvalue weighted by Crippen LogP contribution is 2.31. The van der Waals surface area contributed by atoms with Gasteiger partial charge in [0.2, 0.25) is 5.91 Å². The van der Waals surface area contributed by atoms with Crippen molar-refractivity contribution in [1.29, 1.82) is 0 Å². The van der Waals surface area contributed by atoms with E-state index in [1.54, 1.807) is 0 Å². The van der Waals surface area contributed by atoms with E-state index in [-0.39, 0.29) is 12.0 Å². The van der Waals surface area contributed by atoms with Gasteiger partial charge in [-0.25, -0.2) is 0 Å². The highest BCUT2D eigenvalue weighted by atomic mass is 16.2. The average Bonchev–Trinajstić information content (AvgIpc) is 2.44. The number of fused-ring (bicyclic) bond motifs is 1. The summed E-state index contributed by atoms with van der Waals surface area (Å²) in [4.78, 5) is 15.1. The Labute approximate surface area is 127 Å². The van der Waals surface area contributed by atoms with E-state index in [1.807, 2.05) is 0 Å². The van der Waals surface area contributed by atoms with Crippen molar-refractivity contribution in [2.75, 3.05) is 18.4 Å². The SMILES string of the molecule is CC1CC(C)CN(C(=O)C2Cc3ccccc3NC2C)C1. The zero-order valence-electron chi connectivity index (χ0n) is 13.3. The molecule has 1 fully saturated rings. The van der Waals surface area contributed by atoms with Crippen LogP contribution < -0.4 is 5.32 Å². The second-order valence-electron chi connectivity index (χ2n) is 7.09. The molecular formula is C18H26N2O. The zero-order chi connectivity index (χ0) is 15.0. The molecule has 0 saturated carbocycles. The van der Waals surface area contributed by atoms with Gasteiger partial charge in [-0.1, -0.05) is 32.0 Å². The summed E-state index contributed by atoms with van der Waals surface area (Å²) in [5.74, 6) is 1.65. The molecule has 4 unspecified atom stereocenters. The van der Waals surface area contributed by atoms with Crippen molar-refractivity contribution in [2.45, 2.75) is 39.7 Å². The smallest absolute Gasteiger partial charge is 0.228 e. The quantitative estimate of drug-likeness (QED) is 0.860. The summed E-state index contributed by atoms with van der Waals surface area (Å²) in [6.45, 7) is 8.50. The molecule has 1 saturated heterocycles. The van der Waals surface area contributed by atoms with Gasteiger partial charge < -0.3 is 10.2 Å². The van der Waals surface area contributed by atoms with Gasteiger partial charge in [-0.15, -0.1) is 0 Å². The van der Waals surface area contributed by atoms with Crippen molar-refractivity contribution in [2.24, 2.45) is 17.8 Å². The van der Waals surface area contributed by atoms with Crippen LogP contribution in [0.3, 0.4) is 0 Å². The molecule has 0 bridgehead atoms. The number of carbonyl (C=O) groups excluding carboxylic acids is 1.